The molecular formula is C11H12N6O4. The Bertz CT molecular complexity index is 793. The highest BCUT2D eigenvalue weighted by Gasteiger charge is 2.23. The van der Waals surface area contributed by atoms with Crippen molar-refractivity contribution in [2.24, 2.45) is 0 Å². The molecule has 0 aromatic carbocycles. The molecule has 21 heavy (non-hydrogen) atoms. The minimum atomic E-state index is -1.18. The molecule has 3 rings (SSSR count). The van der Waals surface area contributed by atoms with Crippen LogP contribution in [0.15, 0.2) is 30.6 Å². The number of rotatable bonds is 3. The van der Waals surface area contributed by atoms with Crippen LogP contribution in [0, 0.1) is 17.3 Å². The van der Waals surface area contributed by atoms with E-state index in [1.54, 1.807) is 31.3 Å². The van der Waals surface area contributed by atoms with Crippen LogP contribution in [0.1, 0.15) is 5.82 Å². The second kappa shape index (κ2) is 4.89. The summed E-state index contributed by atoms with van der Waals surface area (Å²) in [4.78, 5) is 8.13. The lowest BCUT2D eigenvalue weighted by Gasteiger charge is -2.12. The molecule has 3 aromatic rings. The summed E-state index contributed by atoms with van der Waals surface area (Å²) in [6, 6.07) is 5.09. The van der Waals surface area contributed by atoms with Gasteiger partial charge in [0, 0.05) is 6.20 Å². The van der Waals surface area contributed by atoms with Gasteiger partial charge in [-0.25, -0.2) is 15.4 Å². The first-order valence-electron chi connectivity index (χ1n) is 5.99. The summed E-state index contributed by atoms with van der Waals surface area (Å²) < 4.78 is 2.79. The third kappa shape index (κ3) is 2.17. The Kier molecular flexibility index (Phi) is 3.17. The number of nitrogens with zero attached hydrogens (tertiary/aromatic N) is 4. The van der Waals surface area contributed by atoms with E-state index in [4.69, 9.17) is 5.21 Å². The Morgan fingerprint density at radius 1 is 1.14 bits per heavy atom. The average Bonchev–Trinajstić information content (AvgIpc) is 2.98. The van der Waals surface area contributed by atoms with Gasteiger partial charge in [-0.15, -0.1) is 0 Å². The summed E-state index contributed by atoms with van der Waals surface area (Å²) in [5.74, 6) is 0.258. The van der Waals surface area contributed by atoms with E-state index in [0.29, 0.717) is 11.5 Å². The molecule has 0 aliphatic rings. The largest absolute Gasteiger partial charge is 0.594 e. The molecule has 10 nitrogen and oxygen atoms in total. The molecule has 0 aliphatic carbocycles. The SMILES string of the molecule is Cc1nc([NH+]([O-])O)cn1-c1nc2ccccn2c1[NH+]([O-])O. The second-order valence-electron chi connectivity index (χ2n) is 4.37. The summed E-state index contributed by atoms with van der Waals surface area (Å²) in [6.45, 7) is 1.59. The summed E-state index contributed by atoms with van der Waals surface area (Å²) in [6.07, 6.45) is 2.84. The molecule has 10 heteroatoms. The molecule has 0 aliphatic heterocycles. The molecule has 3 heterocycles. The fourth-order valence-corrected chi connectivity index (χ4v) is 2.14. The summed E-state index contributed by atoms with van der Waals surface area (Å²) >= 11 is 0. The van der Waals surface area contributed by atoms with Gasteiger partial charge >= 0.3 is 0 Å². The van der Waals surface area contributed by atoms with Gasteiger partial charge in [0.25, 0.3) is 11.6 Å². The molecule has 0 saturated carbocycles. The van der Waals surface area contributed by atoms with Gasteiger partial charge in [-0.2, -0.15) is 15.4 Å². The van der Waals surface area contributed by atoms with Gasteiger partial charge < -0.3 is 10.4 Å². The van der Waals surface area contributed by atoms with Gasteiger partial charge in [0.2, 0.25) is 5.82 Å². The first-order chi connectivity index (χ1) is 9.99. The molecule has 0 radical (unpaired) electrons. The van der Waals surface area contributed by atoms with Crippen LogP contribution in [0.5, 0.6) is 0 Å². The van der Waals surface area contributed by atoms with E-state index in [0.717, 1.165) is 0 Å². The van der Waals surface area contributed by atoms with Crippen LogP contribution in [0.2, 0.25) is 0 Å². The van der Waals surface area contributed by atoms with Crippen LogP contribution in [-0.4, -0.2) is 29.4 Å². The van der Waals surface area contributed by atoms with E-state index < -0.39 is 10.5 Å². The number of imidazole rings is 2. The number of aromatic nitrogens is 4. The van der Waals surface area contributed by atoms with Crippen molar-refractivity contribution in [1.82, 2.24) is 18.9 Å². The number of aryl methyl sites for hydroxylation is 1. The van der Waals surface area contributed by atoms with E-state index in [-0.39, 0.29) is 17.5 Å². The molecule has 2 unspecified atom stereocenters. The van der Waals surface area contributed by atoms with Crippen molar-refractivity contribution in [3.8, 4) is 5.82 Å². The Hall–Kier alpha value is -2.34. The molecule has 0 spiro atoms. The zero-order chi connectivity index (χ0) is 15.1. The zero-order valence-electron chi connectivity index (χ0n) is 10.9. The minimum Gasteiger partial charge on any atom is -0.594 e. The van der Waals surface area contributed by atoms with Gasteiger partial charge in [0.05, 0.1) is 6.20 Å². The van der Waals surface area contributed by atoms with Crippen molar-refractivity contribution in [3.05, 3.63) is 46.8 Å². The minimum absolute atomic E-state index is 0.0527. The average molecular weight is 292 g/mol. The summed E-state index contributed by atoms with van der Waals surface area (Å²) in [5.41, 5.74) is 0.454. The summed E-state index contributed by atoms with van der Waals surface area (Å²) in [5, 5.41) is 38.5. The van der Waals surface area contributed by atoms with Crippen LogP contribution in [0.4, 0.5) is 11.6 Å². The molecular weight excluding hydrogens is 280 g/mol. The molecule has 3 aromatic heterocycles. The molecule has 0 fully saturated rings. The quantitative estimate of drug-likeness (QED) is 0.441. The Morgan fingerprint density at radius 3 is 2.52 bits per heavy atom. The van der Waals surface area contributed by atoms with Gasteiger partial charge in [-0.05, 0) is 19.1 Å². The summed E-state index contributed by atoms with van der Waals surface area (Å²) in [7, 11) is 0. The maximum atomic E-state index is 11.5. The lowest BCUT2D eigenvalue weighted by Crippen LogP contribution is -2.99. The van der Waals surface area contributed by atoms with Crippen LogP contribution < -0.4 is 10.5 Å². The zero-order valence-corrected chi connectivity index (χ0v) is 10.9. The van der Waals surface area contributed by atoms with Crippen LogP contribution in [0.25, 0.3) is 11.5 Å². The Labute approximate surface area is 117 Å². The second-order valence-corrected chi connectivity index (χ2v) is 4.37. The van der Waals surface area contributed by atoms with E-state index in [9.17, 15) is 15.6 Å². The smallest absolute Gasteiger partial charge is 0.289 e. The lowest BCUT2D eigenvalue weighted by atomic mass is 10.5. The van der Waals surface area contributed by atoms with E-state index >= 15 is 0 Å². The van der Waals surface area contributed by atoms with Crippen molar-refractivity contribution >= 4 is 17.3 Å². The predicted octanol–water partition coefficient (Wildman–Crippen LogP) is -1.36. The highest BCUT2D eigenvalue weighted by molar-refractivity contribution is 5.56. The topological polar surface area (TPSA) is 131 Å². The van der Waals surface area contributed by atoms with Gasteiger partial charge in [0.1, 0.15) is 11.5 Å². The monoisotopic (exact) mass is 292 g/mol. The van der Waals surface area contributed by atoms with Gasteiger partial charge in [-0.3, -0.25) is 8.97 Å². The maximum Gasteiger partial charge on any atom is 0.289 e. The predicted molar refractivity (Wildman–Crippen MR) is 68.6 cm³/mol. The van der Waals surface area contributed by atoms with Crippen molar-refractivity contribution in [2.45, 2.75) is 6.92 Å². The first-order valence-corrected chi connectivity index (χ1v) is 5.99. The van der Waals surface area contributed by atoms with Crippen LogP contribution in [0.3, 0.4) is 0 Å². The molecule has 110 valence electrons. The van der Waals surface area contributed by atoms with Crippen LogP contribution >= 0.6 is 0 Å². The van der Waals surface area contributed by atoms with Gasteiger partial charge in [0.15, 0.2) is 0 Å². The van der Waals surface area contributed by atoms with Crippen molar-refractivity contribution < 1.29 is 20.9 Å². The molecule has 2 atom stereocenters. The number of nitrogens with one attached hydrogen (secondary N) is 2. The fourth-order valence-electron chi connectivity index (χ4n) is 2.14. The number of fused-ring (bicyclic) bond motifs is 1. The lowest BCUT2D eigenvalue weighted by molar-refractivity contribution is -0.993. The Balaban J connectivity index is 2.27. The molecule has 0 saturated heterocycles. The highest BCUT2D eigenvalue weighted by atomic mass is 16.8. The molecule has 0 bridgehead atoms. The Morgan fingerprint density at radius 2 is 1.90 bits per heavy atom. The third-order valence-electron chi connectivity index (χ3n) is 3.04. The fraction of sp³-hybridized carbons (Fsp3) is 0.0909. The first kappa shape index (κ1) is 13.6. The standard InChI is InChI=1S/C11H12N6O4/c1-7-12-9(16(18)19)6-15(7)10-11(17(20)21)14-5-3-2-4-8(14)13-10/h2-6,16-18,20H,1H3. The van der Waals surface area contributed by atoms with Crippen molar-refractivity contribution in [1.29, 1.82) is 0 Å². The van der Waals surface area contributed by atoms with Gasteiger partial charge in [-0.1, -0.05) is 6.07 Å². The number of hydrogen-bond acceptors (Lipinski definition) is 6. The number of hydrogen-bond donors (Lipinski definition) is 4. The molecule has 4 N–H and O–H groups in total. The highest BCUT2D eigenvalue weighted by Crippen LogP contribution is 2.21. The number of quaternary nitrogens is 2. The van der Waals surface area contributed by atoms with E-state index in [2.05, 4.69) is 9.97 Å². The maximum absolute atomic E-state index is 11.5. The number of pyridine rings is 1. The van der Waals surface area contributed by atoms with Crippen molar-refractivity contribution in [3.63, 3.8) is 0 Å². The third-order valence-corrected chi connectivity index (χ3v) is 3.04. The van der Waals surface area contributed by atoms with E-state index in [1.807, 2.05) is 0 Å². The normalized spacial score (nSPS) is 14.5. The van der Waals surface area contributed by atoms with Crippen molar-refractivity contribution in [2.75, 3.05) is 0 Å². The van der Waals surface area contributed by atoms with E-state index in [1.165, 1.54) is 15.2 Å². The molecule has 0 amide bonds. The van der Waals surface area contributed by atoms with Crippen LogP contribution in [-0.2, 0) is 0 Å².